The highest BCUT2D eigenvalue weighted by Crippen LogP contribution is 2.32. The van der Waals surface area contributed by atoms with Gasteiger partial charge in [0, 0.05) is 14.5 Å². The number of para-hydroxylation sites is 1. The first-order valence-corrected chi connectivity index (χ1v) is 9.44. The second-order valence-electron chi connectivity index (χ2n) is 5.60. The molecule has 0 aromatic heterocycles. The van der Waals surface area contributed by atoms with E-state index in [0.717, 1.165) is 25.8 Å². The van der Waals surface area contributed by atoms with Crippen molar-refractivity contribution in [2.75, 3.05) is 11.9 Å². The number of nitrogens with one attached hydrogen (secondary N) is 2. The van der Waals surface area contributed by atoms with E-state index in [1.807, 2.05) is 31.2 Å². The molecule has 0 unspecified atom stereocenters. The number of amides is 1. The van der Waals surface area contributed by atoms with Gasteiger partial charge in [-0.15, -0.1) is 6.58 Å². The number of aryl methyl sites for hydroxylation is 1. The summed E-state index contributed by atoms with van der Waals surface area (Å²) in [5, 5.41) is 17.1. The maximum atomic E-state index is 12.0. The number of carbonyl (C=O) groups is 1. The number of phenols is 1. The second-order valence-corrected chi connectivity index (χ2v) is 7.31. The molecule has 7 heteroatoms. The molecule has 2 aromatic rings. The van der Waals surface area contributed by atoms with Gasteiger partial charge in [0.05, 0.1) is 18.4 Å². The van der Waals surface area contributed by atoms with Crippen molar-refractivity contribution >= 4 is 49.7 Å². The number of anilines is 1. The van der Waals surface area contributed by atoms with E-state index in [2.05, 4.69) is 54.3 Å². The molecule has 0 radical (unpaired) electrons. The number of allylic oxidation sites excluding steroid dienone is 1. The van der Waals surface area contributed by atoms with E-state index in [-0.39, 0.29) is 18.2 Å². The Morgan fingerprint density at radius 1 is 1.31 bits per heavy atom. The number of carbonyl (C=O) groups excluding carboxylic acids is 1. The zero-order chi connectivity index (χ0) is 19.1. The molecule has 1 amide bonds. The average molecular weight is 481 g/mol. The van der Waals surface area contributed by atoms with Gasteiger partial charge in [0.15, 0.2) is 0 Å². The third-order valence-corrected chi connectivity index (χ3v) is 4.77. The molecule has 5 nitrogen and oxygen atoms in total. The molecule has 0 aliphatic rings. The van der Waals surface area contributed by atoms with E-state index in [1.165, 1.54) is 6.21 Å². The molecule has 0 atom stereocenters. The molecular weight excluding hydrogens is 462 g/mol. The molecule has 0 saturated carbocycles. The highest BCUT2D eigenvalue weighted by Gasteiger charge is 2.08. The lowest BCUT2D eigenvalue weighted by Gasteiger charge is -2.11. The third kappa shape index (κ3) is 5.44. The first-order chi connectivity index (χ1) is 12.4. The van der Waals surface area contributed by atoms with Gasteiger partial charge in [-0.05, 0) is 74.5 Å². The van der Waals surface area contributed by atoms with E-state index in [9.17, 15) is 9.90 Å². The smallest absolute Gasteiger partial charge is 0.259 e. The Kier molecular flexibility index (Phi) is 7.41. The van der Waals surface area contributed by atoms with E-state index in [4.69, 9.17) is 0 Å². The number of phenolic OH excluding ortho intramolecular Hbond substituents is 1. The molecule has 0 spiro atoms. The normalized spacial score (nSPS) is 10.7. The standard InChI is InChI=1S/C19H19Br2N3O2/c1-3-5-13-6-4-7-14(19(13)26)10-23-24-17(25)11-22-18-15(20)8-12(2)9-16(18)21/h3-4,6-10,22,26H,1,5,11H2,2H3,(H,24,25)/b23-10-. The maximum absolute atomic E-state index is 12.0. The van der Waals surface area contributed by atoms with Crippen molar-refractivity contribution in [1.82, 2.24) is 5.43 Å². The van der Waals surface area contributed by atoms with Crippen LogP contribution in [0.4, 0.5) is 5.69 Å². The van der Waals surface area contributed by atoms with Gasteiger partial charge in [-0.2, -0.15) is 5.10 Å². The monoisotopic (exact) mass is 479 g/mol. The summed E-state index contributed by atoms with van der Waals surface area (Å²) in [5.41, 5.74) is 5.62. The van der Waals surface area contributed by atoms with Crippen LogP contribution in [0.3, 0.4) is 0 Å². The summed E-state index contributed by atoms with van der Waals surface area (Å²) in [6, 6.07) is 9.27. The minimum Gasteiger partial charge on any atom is -0.507 e. The Labute approximate surface area is 169 Å². The number of halogens is 2. The molecule has 0 aliphatic carbocycles. The number of hydrogen-bond acceptors (Lipinski definition) is 4. The highest BCUT2D eigenvalue weighted by molar-refractivity contribution is 9.11. The quantitative estimate of drug-likeness (QED) is 0.310. The average Bonchev–Trinajstić information content (AvgIpc) is 2.57. The number of hydrogen-bond donors (Lipinski definition) is 3. The molecule has 26 heavy (non-hydrogen) atoms. The van der Waals surface area contributed by atoms with Crippen LogP contribution in [0.1, 0.15) is 16.7 Å². The van der Waals surface area contributed by atoms with Crippen molar-refractivity contribution in [3.05, 3.63) is 68.6 Å². The molecule has 0 aliphatic heterocycles. The van der Waals surface area contributed by atoms with Crippen molar-refractivity contribution < 1.29 is 9.90 Å². The fourth-order valence-corrected chi connectivity index (χ4v) is 3.98. The Morgan fingerprint density at radius 2 is 2.00 bits per heavy atom. The molecule has 0 heterocycles. The minimum atomic E-state index is -0.303. The summed E-state index contributed by atoms with van der Waals surface area (Å²) in [7, 11) is 0. The van der Waals surface area contributed by atoms with Crippen LogP contribution in [0.2, 0.25) is 0 Å². The van der Waals surface area contributed by atoms with Crippen LogP contribution in [0.25, 0.3) is 0 Å². The molecule has 136 valence electrons. The number of hydrazone groups is 1. The fourth-order valence-electron chi connectivity index (χ4n) is 2.29. The Bertz CT molecular complexity index is 828. The van der Waals surface area contributed by atoms with Crippen LogP contribution in [-0.2, 0) is 11.2 Å². The summed E-state index contributed by atoms with van der Waals surface area (Å²) < 4.78 is 1.73. The van der Waals surface area contributed by atoms with Gasteiger partial charge < -0.3 is 10.4 Å². The van der Waals surface area contributed by atoms with E-state index < -0.39 is 0 Å². The largest absolute Gasteiger partial charge is 0.507 e. The molecule has 3 N–H and O–H groups in total. The van der Waals surface area contributed by atoms with Crippen LogP contribution in [0, 0.1) is 6.92 Å². The summed E-state index contributed by atoms with van der Waals surface area (Å²) in [6.07, 6.45) is 3.69. The summed E-state index contributed by atoms with van der Waals surface area (Å²) in [5.74, 6) is -0.168. The summed E-state index contributed by atoms with van der Waals surface area (Å²) in [4.78, 5) is 12.0. The number of aromatic hydroxyl groups is 1. The molecular formula is C19H19Br2N3O2. The van der Waals surface area contributed by atoms with Gasteiger partial charge in [0.2, 0.25) is 0 Å². The first kappa shape index (κ1) is 20.2. The van der Waals surface area contributed by atoms with Crippen LogP contribution in [0.5, 0.6) is 5.75 Å². The SMILES string of the molecule is C=CCc1cccc(/C=N\NC(=O)CNc2c(Br)cc(C)cc2Br)c1O. The predicted octanol–water partition coefficient (Wildman–Crippen LogP) is 4.52. The van der Waals surface area contributed by atoms with Crippen LogP contribution in [0.15, 0.2) is 57.0 Å². The van der Waals surface area contributed by atoms with Gasteiger partial charge in [0.1, 0.15) is 5.75 Å². The Balaban J connectivity index is 1.94. The van der Waals surface area contributed by atoms with Gasteiger partial charge >= 0.3 is 0 Å². The van der Waals surface area contributed by atoms with Gasteiger partial charge in [-0.1, -0.05) is 18.2 Å². The van der Waals surface area contributed by atoms with Crippen molar-refractivity contribution in [1.29, 1.82) is 0 Å². The Hall–Kier alpha value is -2.12. The van der Waals surface area contributed by atoms with E-state index in [1.54, 1.807) is 12.1 Å². The first-order valence-electron chi connectivity index (χ1n) is 7.85. The Morgan fingerprint density at radius 3 is 2.65 bits per heavy atom. The lowest BCUT2D eigenvalue weighted by atomic mass is 10.1. The molecule has 2 rings (SSSR count). The molecule has 0 saturated heterocycles. The zero-order valence-electron chi connectivity index (χ0n) is 14.2. The van der Waals surface area contributed by atoms with Crippen molar-refractivity contribution in [3.8, 4) is 5.75 Å². The highest BCUT2D eigenvalue weighted by atomic mass is 79.9. The van der Waals surface area contributed by atoms with E-state index in [0.29, 0.717) is 12.0 Å². The minimum absolute atomic E-state index is 0.0556. The van der Waals surface area contributed by atoms with Gasteiger partial charge in [-0.3, -0.25) is 4.79 Å². The molecule has 2 aromatic carbocycles. The van der Waals surface area contributed by atoms with E-state index >= 15 is 0 Å². The maximum Gasteiger partial charge on any atom is 0.259 e. The number of benzene rings is 2. The lowest BCUT2D eigenvalue weighted by Crippen LogP contribution is -2.26. The van der Waals surface area contributed by atoms with Crippen LogP contribution >= 0.6 is 31.9 Å². The molecule has 0 bridgehead atoms. The van der Waals surface area contributed by atoms with Crippen LogP contribution in [-0.4, -0.2) is 23.8 Å². The second kappa shape index (κ2) is 9.54. The lowest BCUT2D eigenvalue weighted by molar-refractivity contribution is -0.119. The van der Waals surface area contributed by atoms with Crippen LogP contribution < -0.4 is 10.7 Å². The topological polar surface area (TPSA) is 73.7 Å². The summed E-state index contributed by atoms with van der Waals surface area (Å²) in [6.45, 7) is 5.70. The van der Waals surface area contributed by atoms with Crippen molar-refractivity contribution in [2.24, 2.45) is 5.10 Å². The summed E-state index contributed by atoms with van der Waals surface area (Å²) >= 11 is 6.94. The number of rotatable bonds is 7. The third-order valence-electron chi connectivity index (χ3n) is 3.52. The molecule has 0 fully saturated rings. The zero-order valence-corrected chi connectivity index (χ0v) is 17.4. The van der Waals surface area contributed by atoms with Gasteiger partial charge in [-0.25, -0.2) is 5.43 Å². The van der Waals surface area contributed by atoms with Gasteiger partial charge in [0.25, 0.3) is 5.91 Å². The number of nitrogens with zero attached hydrogens (tertiary/aromatic N) is 1. The van der Waals surface area contributed by atoms with Crippen molar-refractivity contribution in [2.45, 2.75) is 13.3 Å². The van der Waals surface area contributed by atoms with Crippen molar-refractivity contribution in [3.63, 3.8) is 0 Å². The fraction of sp³-hybridized carbons (Fsp3) is 0.158. The predicted molar refractivity (Wildman–Crippen MR) is 113 cm³/mol.